The van der Waals surface area contributed by atoms with Gasteiger partial charge in [-0.15, -0.1) is 5.10 Å². The fourth-order valence-corrected chi connectivity index (χ4v) is 4.06. The second-order valence-electron chi connectivity index (χ2n) is 7.85. The van der Waals surface area contributed by atoms with Crippen molar-refractivity contribution in [2.45, 2.75) is 6.54 Å². The smallest absolute Gasteiger partial charge is 0.254 e. The van der Waals surface area contributed by atoms with E-state index in [1.165, 1.54) is 0 Å². The maximum Gasteiger partial charge on any atom is 0.254 e. The minimum atomic E-state index is 0.449. The first-order chi connectivity index (χ1) is 16.3. The Morgan fingerprint density at radius 3 is 2.79 bits per heavy atom. The number of nitrogens with zero attached hydrogens (tertiary/aromatic N) is 7. The summed E-state index contributed by atoms with van der Waals surface area (Å²) in [7, 11) is 0. The lowest BCUT2D eigenvalue weighted by Gasteiger charge is -2.28. The average Bonchev–Trinajstić information content (AvgIpc) is 3.49. The number of H-pyrrole nitrogens is 1. The van der Waals surface area contributed by atoms with E-state index in [9.17, 15) is 0 Å². The van der Waals surface area contributed by atoms with E-state index in [2.05, 4.69) is 38.1 Å². The molecule has 33 heavy (non-hydrogen) atoms. The van der Waals surface area contributed by atoms with E-state index in [0.29, 0.717) is 31.4 Å². The van der Waals surface area contributed by atoms with Crippen LogP contribution in [0.4, 0.5) is 5.82 Å². The van der Waals surface area contributed by atoms with Gasteiger partial charge in [-0.3, -0.25) is 9.98 Å². The summed E-state index contributed by atoms with van der Waals surface area (Å²) < 4.78 is 7.36. The molecule has 5 aromatic rings. The van der Waals surface area contributed by atoms with Gasteiger partial charge >= 0.3 is 0 Å². The molecule has 0 amide bonds. The Morgan fingerprint density at radius 1 is 1.06 bits per heavy atom. The highest BCUT2D eigenvalue weighted by Crippen LogP contribution is 2.22. The van der Waals surface area contributed by atoms with E-state index in [1.54, 1.807) is 12.4 Å². The highest BCUT2D eigenvalue weighted by molar-refractivity contribution is 5.98. The first-order valence-electron chi connectivity index (χ1n) is 10.9. The van der Waals surface area contributed by atoms with Crippen LogP contribution in [0.2, 0.25) is 0 Å². The van der Waals surface area contributed by atoms with Gasteiger partial charge in [0.1, 0.15) is 5.82 Å². The number of morpholine rings is 1. The Morgan fingerprint density at radius 2 is 1.91 bits per heavy atom. The van der Waals surface area contributed by atoms with Gasteiger partial charge in [0.25, 0.3) is 5.78 Å². The van der Waals surface area contributed by atoms with Crippen LogP contribution in [0.5, 0.6) is 0 Å². The van der Waals surface area contributed by atoms with Crippen LogP contribution in [0, 0.1) is 0 Å². The Labute approximate surface area is 189 Å². The molecule has 0 atom stereocenters. The van der Waals surface area contributed by atoms with E-state index in [4.69, 9.17) is 19.8 Å². The van der Waals surface area contributed by atoms with Crippen LogP contribution in [-0.2, 0) is 11.3 Å². The molecule has 6 rings (SSSR count). The largest absolute Gasteiger partial charge is 0.378 e. The van der Waals surface area contributed by atoms with Gasteiger partial charge in [0.05, 0.1) is 25.5 Å². The summed E-state index contributed by atoms with van der Waals surface area (Å²) in [5.74, 6) is 2.13. The number of hydrogen-bond donors (Lipinski definition) is 1. The topological polar surface area (TPSA) is 96.6 Å². The maximum absolute atomic E-state index is 5.54. The van der Waals surface area contributed by atoms with Gasteiger partial charge in [0, 0.05) is 66.0 Å². The Hall–Kier alpha value is -4.11. The lowest BCUT2D eigenvalue weighted by atomic mass is 10.2. The minimum Gasteiger partial charge on any atom is -0.378 e. The van der Waals surface area contributed by atoms with E-state index in [-0.39, 0.29) is 0 Å². The molecule has 1 fully saturated rings. The molecule has 164 valence electrons. The third-order valence-electron chi connectivity index (χ3n) is 5.72. The molecule has 1 aliphatic heterocycles. The first-order valence-corrected chi connectivity index (χ1v) is 10.9. The van der Waals surface area contributed by atoms with Crippen molar-refractivity contribution in [3.8, 4) is 11.4 Å². The summed E-state index contributed by atoms with van der Waals surface area (Å²) in [6.45, 7) is 3.40. The van der Waals surface area contributed by atoms with Crippen LogP contribution in [0.1, 0.15) is 11.3 Å². The Balaban J connectivity index is 1.36. The van der Waals surface area contributed by atoms with Gasteiger partial charge in [-0.25, -0.2) is 4.98 Å². The maximum atomic E-state index is 5.54. The second-order valence-corrected chi connectivity index (χ2v) is 7.85. The van der Waals surface area contributed by atoms with Gasteiger partial charge in [-0.05, 0) is 18.2 Å². The van der Waals surface area contributed by atoms with Gasteiger partial charge < -0.3 is 14.6 Å². The Bertz CT molecular complexity index is 1430. The van der Waals surface area contributed by atoms with Gasteiger partial charge in [0.2, 0.25) is 0 Å². The molecule has 0 radical (unpaired) electrons. The van der Waals surface area contributed by atoms with Crippen molar-refractivity contribution < 1.29 is 4.74 Å². The molecule has 1 aliphatic rings. The number of fused-ring (bicyclic) bond motifs is 2. The van der Waals surface area contributed by atoms with Crippen LogP contribution in [0.25, 0.3) is 28.1 Å². The molecule has 9 heteroatoms. The summed E-state index contributed by atoms with van der Waals surface area (Å²) in [5, 5.41) is 5.90. The van der Waals surface area contributed by atoms with Crippen molar-refractivity contribution in [3.63, 3.8) is 0 Å². The summed E-state index contributed by atoms with van der Waals surface area (Å²) in [4.78, 5) is 23.7. The third-order valence-corrected chi connectivity index (χ3v) is 5.72. The zero-order valence-electron chi connectivity index (χ0n) is 17.9. The number of aliphatic imine (C=N–C) groups is 1. The van der Waals surface area contributed by atoms with E-state index < -0.39 is 0 Å². The number of para-hydroxylation sites is 1. The van der Waals surface area contributed by atoms with Crippen LogP contribution >= 0.6 is 0 Å². The van der Waals surface area contributed by atoms with Crippen LogP contribution < -0.4 is 4.90 Å². The lowest BCUT2D eigenvalue weighted by Crippen LogP contribution is -2.37. The zero-order valence-corrected chi connectivity index (χ0v) is 17.9. The van der Waals surface area contributed by atoms with Crippen LogP contribution in [0.15, 0.2) is 66.0 Å². The van der Waals surface area contributed by atoms with Crippen molar-refractivity contribution >= 4 is 28.7 Å². The number of ether oxygens (including phenoxy) is 1. The molecule has 1 saturated heterocycles. The van der Waals surface area contributed by atoms with Crippen molar-refractivity contribution in [1.82, 2.24) is 29.5 Å². The molecular formula is C24H22N8O. The molecule has 5 heterocycles. The first kappa shape index (κ1) is 19.6. The van der Waals surface area contributed by atoms with Crippen molar-refractivity contribution in [2.24, 2.45) is 4.99 Å². The number of aromatic nitrogens is 6. The zero-order chi connectivity index (χ0) is 22.0. The third kappa shape index (κ3) is 3.83. The highest BCUT2D eigenvalue weighted by atomic mass is 16.5. The quantitative estimate of drug-likeness (QED) is 0.424. The van der Waals surface area contributed by atoms with Crippen molar-refractivity contribution in [2.75, 3.05) is 31.2 Å². The number of pyridine rings is 1. The molecular weight excluding hydrogens is 416 g/mol. The van der Waals surface area contributed by atoms with Crippen molar-refractivity contribution in [1.29, 1.82) is 0 Å². The monoisotopic (exact) mass is 438 g/mol. The number of aromatic amines is 1. The van der Waals surface area contributed by atoms with E-state index >= 15 is 0 Å². The lowest BCUT2D eigenvalue weighted by molar-refractivity contribution is 0.122. The molecule has 9 nitrogen and oxygen atoms in total. The number of anilines is 1. The van der Waals surface area contributed by atoms with Gasteiger partial charge in [0.15, 0.2) is 5.82 Å². The average molecular weight is 438 g/mol. The predicted octanol–water partition coefficient (Wildman–Crippen LogP) is 3.12. The Kier molecular flexibility index (Phi) is 5.00. The standard InChI is InChI=1S/C24H22N8O/c1-2-4-21-20(3-1)18(15-27-21)14-26-16-19-13-22(31-9-11-33-12-10-31)32-24(28-19)29-23(30-32)17-5-7-25-8-6-17/h1-8,13-15,27H,9-12,16H2. The SMILES string of the molecule is C(=NCc1cc(N2CCOCC2)n2nc(-c3ccncc3)nc2n1)c1c[nH]c2ccccc12. The van der Waals surface area contributed by atoms with E-state index in [0.717, 1.165) is 46.6 Å². The molecule has 1 N–H and O–H groups in total. The fourth-order valence-electron chi connectivity index (χ4n) is 4.06. The summed E-state index contributed by atoms with van der Waals surface area (Å²) in [6, 6.07) is 14.0. The summed E-state index contributed by atoms with van der Waals surface area (Å²) in [5.41, 5.74) is 3.90. The van der Waals surface area contributed by atoms with Gasteiger partial charge in [-0.1, -0.05) is 18.2 Å². The number of hydrogen-bond acceptors (Lipinski definition) is 7. The number of nitrogens with one attached hydrogen (secondary N) is 1. The molecule has 4 aromatic heterocycles. The van der Waals surface area contributed by atoms with Gasteiger partial charge in [-0.2, -0.15) is 9.50 Å². The number of benzene rings is 1. The van der Waals surface area contributed by atoms with Crippen LogP contribution in [0.3, 0.4) is 0 Å². The number of rotatable bonds is 5. The van der Waals surface area contributed by atoms with Crippen molar-refractivity contribution in [3.05, 3.63) is 72.3 Å². The molecule has 0 aliphatic carbocycles. The predicted molar refractivity (Wildman–Crippen MR) is 127 cm³/mol. The normalized spacial score (nSPS) is 14.6. The highest BCUT2D eigenvalue weighted by Gasteiger charge is 2.19. The van der Waals surface area contributed by atoms with Crippen LogP contribution in [-0.4, -0.2) is 62.1 Å². The second kappa shape index (κ2) is 8.44. The fraction of sp³-hybridized carbons (Fsp3) is 0.208. The summed E-state index contributed by atoms with van der Waals surface area (Å²) >= 11 is 0. The molecule has 1 aromatic carbocycles. The molecule has 0 unspecified atom stereocenters. The molecule has 0 saturated carbocycles. The molecule has 0 bridgehead atoms. The minimum absolute atomic E-state index is 0.449. The molecule has 0 spiro atoms. The van der Waals surface area contributed by atoms with E-state index in [1.807, 2.05) is 41.2 Å². The summed E-state index contributed by atoms with van der Waals surface area (Å²) in [6.07, 6.45) is 7.35.